The molecule has 2 aromatic carbocycles. The Bertz CT molecular complexity index is 1310. The molecule has 1 saturated heterocycles. The van der Waals surface area contributed by atoms with Crippen molar-refractivity contribution in [2.24, 2.45) is 5.92 Å². The van der Waals surface area contributed by atoms with E-state index in [0.29, 0.717) is 24.3 Å². The quantitative estimate of drug-likeness (QED) is 0.223. The Morgan fingerprint density at radius 2 is 1.63 bits per heavy atom. The van der Waals surface area contributed by atoms with Crippen LogP contribution in [0.3, 0.4) is 0 Å². The molecule has 1 aromatic heterocycles. The van der Waals surface area contributed by atoms with Gasteiger partial charge in [-0.2, -0.15) is 0 Å². The average Bonchev–Trinajstić information content (AvgIpc) is 3.61. The fraction of sp³-hybridized carbons (Fsp3) is 0.250. The summed E-state index contributed by atoms with van der Waals surface area (Å²) >= 11 is 0. The van der Waals surface area contributed by atoms with Crippen molar-refractivity contribution in [2.45, 2.75) is 19.8 Å². The van der Waals surface area contributed by atoms with E-state index in [2.05, 4.69) is 0 Å². The van der Waals surface area contributed by atoms with Gasteiger partial charge in [0.2, 0.25) is 11.7 Å². The molecule has 0 radical (unpaired) electrons. The number of ketones is 1. The summed E-state index contributed by atoms with van der Waals surface area (Å²) in [5, 5.41) is 0. The Morgan fingerprint density at radius 1 is 0.921 bits per heavy atom. The molecular formula is C28H25NO9. The first kappa shape index (κ1) is 26.3. The highest BCUT2D eigenvalue weighted by molar-refractivity contribution is 6.01. The summed E-state index contributed by atoms with van der Waals surface area (Å²) in [6.45, 7) is 1.82. The third-order valence-electron chi connectivity index (χ3n) is 5.77. The largest absolute Gasteiger partial charge is 0.462 e. The van der Waals surface area contributed by atoms with Crippen LogP contribution >= 0.6 is 0 Å². The normalized spacial score (nSPS) is 14.7. The third-order valence-corrected chi connectivity index (χ3v) is 5.77. The first-order valence-electron chi connectivity index (χ1n) is 12.0. The summed E-state index contributed by atoms with van der Waals surface area (Å²) in [6.07, 6.45) is 2.01. The van der Waals surface area contributed by atoms with Gasteiger partial charge in [0.1, 0.15) is 5.75 Å². The Balaban J connectivity index is 1.27. The molecule has 1 amide bonds. The molecule has 1 aliphatic heterocycles. The summed E-state index contributed by atoms with van der Waals surface area (Å²) in [5.74, 6) is -2.95. The summed E-state index contributed by atoms with van der Waals surface area (Å²) in [7, 11) is 0. The summed E-state index contributed by atoms with van der Waals surface area (Å²) in [4.78, 5) is 62.9. The first-order chi connectivity index (χ1) is 18.4. The molecule has 4 rings (SSSR count). The highest BCUT2D eigenvalue weighted by Gasteiger charge is 2.36. The number of carbonyl (C=O) groups is 5. The van der Waals surface area contributed by atoms with Crippen molar-refractivity contribution in [1.82, 2.24) is 0 Å². The van der Waals surface area contributed by atoms with E-state index in [9.17, 15) is 24.0 Å². The van der Waals surface area contributed by atoms with Gasteiger partial charge in [-0.05, 0) is 67.1 Å². The number of hydrogen-bond donors (Lipinski definition) is 0. The lowest BCUT2D eigenvalue weighted by Crippen LogP contribution is -2.27. The van der Waals surface area contributed by atoms with E-state index >= 15 is 0 Å². The number of nitrogens with zero attached hydrogens (tertiary/aromatic N) is 1. The number of Topliss-reactive ketones (excluding diaryl/α,β-unsaturated/α-hetero) is 1. The van der Waals surface area contributed by atoms with E-state index < -0.39 is 36.2 Å². The van der Waals surface area contributed by atoms with Crippen molar-refractivity contribution in [2.75, 3.05) is 24.7 Å². The first-order valence-corrected chi connectivity index (χ1v) is 12.0. The number of benzene rings is 2. The Kier molecular flexibility index (Phi) is 8.32. The Morgan fingerprint density at radius 3 is 2.29 bits per heavy atom. The van der Waals surface area contributed by atoms with Crippen LogP contribution < -0.4 is 9.64 Å². The molecule has 3 aromatic rings. The fourth-order valence-electron chi connectivity index (χ4n) is 3.77. The fourth-order valence-corrected chi connectivity index (χ4v) is 3.77. The molecule has 0 saturated carbocycles. The van der Waals surface area contributed by atoms with E-state index in [1.54, 1.807) is 30.3 Å². The SMILES string of the molecule is CCCOC(=O)c1ccc(N2C[C@H](C(=O)OCC(=O)c3ccc(OC(=O)c4ccco4)cc3)CC2=O)cc1. The minimum Gasteiger partial charge on any atom is -0.462 e. The number of carbonyl (C=O) groups excluding carboxylic acids is 5. The van der Waals surface area contributed by atoms with Crippen LogP contribution in [0.2, 0.25) is 0 Å². The third kappa shape index (κ3) is 6.33. The number of esters is 3. The van der Waals surface area contributed by atoms with Crippen molar-refractivity contribution in [3.63, 3.8) is 0 Å². The van der Waals surface area contributed by atoms with Gasteiger partial charge in [0.15, 0.2) is 12.4 Å². The Labute approximate surface area is 218 Å². The van der Waals surface area contributed by atoms with E-state index in [1.165, 1.54) is 41.5 Å². The van der Waals surface area contributed by atoms with Crippen LogP contribution in [-0.4, -0.2) is 49.4 Å². The van der Waals surface area contributed by atoms with E-state index in [0.717, 1.165) is 0 Å². The van der Waals surface area contributed by atoms with E-state index in [4.69, 9.17) is 18.6 Å². The molecule has 1 aliphatic rings. The molecule has 10 nitrogen and oxygen atoms in total. The maximum atomic E-state index is 12.6. The molecule has 0 N–H and O–H groups in total. The molecule has 196 valence electrons. The van der Waals surface area contributed by atoms with Gasteiger partial charge in [0.25, 0.3) is 0 Å². The predicted molar refractivity (Wildman–Crippen MR) is 133 cm³/mol. The molecule has 2 heterocycles. The van der Waals surface area contributed by atoms with E-state index in [-0.39, 0.29) is 35.9 Å². The molecule has 0 bridgehead atoms. The van der Waals surface area contributed by atoms with Gasteiger partial charge in [0, 0.05) is 24.2 Å². The maximum absolute atomic E-state index is 12.6. The zero-order valence-corrected chi connectivity index (χ0v) is 20.6. The van der Waals surface area contributed by atoms with Crippen LogP contribution in [0, 0.1) is 5.92 Å². The topological polar surface area (TPSA) is 129 Å². The van der Waals surface area contributed by atoms with E-state index in [1.807, 2.05) is 6.92 Å². The van der Waals surface area contributed by atoms with Gasteiger partial charge in [-0.15, -0.1) is 0 Å². The number of rotatable bonds is 10. The average molecular weight is 520 g/mol. The van der Waals surface area contributed by atoms with Crippen molar-refractivity contribution in [3.8, 4) is 5.75 Å². The summed E-state index contributed by atoms with van der Waals surface area (Å²) < 4.78 is 20.4. The molecule has 10 heteroatoms. The predicted octanol–water partition coefficient (Wildman–Crippen LogP) is 3.84. The molecule has 38 heavy (non-hydrogen) atoms. The zero-order valence-electron chi connectivity index (χ0n) is 20.6. The summed E-state index contributed by atoms with van der Waals surface area (Å²) in [6, 6.07) is 15.2. The van der Waals surface area contributed by atoms with Gasteiger partial charge in [-0.25, -0.2) is 9.59 Å². The number of anilines is 1. The van der Waals surface area contributed by atoms with Crippen molar-refractivity contribution in [1.29, 1.82) is 0 Å². The summed E-state index contributed by atoms with van der Waals surface area (Å²) in [5.41, 5.74) is 1.17. The molecule has 0 unspecified atom stereocenters. The second kappa shape index (κ2) is 12.0. The molecule has 1 fully saturated rings. The van der Waals surface area contributed by atoms with Gasteiger partial charge in [0.05, 0.1) is 24.4 Å². The van der Waals surface area contributed by atoms with Crippen molar-refractivity contribution < 1.29 is 42.6 Å². The number of hydrogen-bond acceptors (Lipinski definition) is 9. The monoisotopic (exact) mass is 519 g/mol. The van der Waals surface area contributed by atoms with Gasteiger partial charge < -0.3 is 23.5 Å². The highest BCUT2D eigenvalue weighted by atomic mass is 16.5. The van der Waals surface area contributed by atoms with Crippen LogP contribution in [0.5, 0.6) is 5.75 Å². The highest BCUT2D eigenvalue weighted by Crippen LogP contribution is 2.26. The van der Waals surface area contributed by atoms with Gasteiger partial charge in [-0.3, -0.25) is 14.4 Å². The van der Waals surface area contributed by atoms with Gasteiger partial charge >= 0.3 is 17.9 Å². The van der Waals surface area contributed by atoms with Crippen LogP contribution in [0.4, 0.5) is 5.69 Å². The molecule has 0 spiro atoms. The maximum Gasteiger partial charge on any atom is 0.379 e. The second-order valence-electron chi connectivity index (χ2n) is 8.51. The standard InChI is InChI=1S/C28H25NO9/c1-2-13-36-26(32)19-5-9-21(10-6-19)29-16-20(15-25(29)31)27(33)37-17-23(30)18-7-11-22(12-8-18)38-28(34)24-4-3-14-35-24/h3-12,14,20H,2,13,15-17H2,1H3/t20-/m1/s1. The lowest BCUT2D eigenvalue weighted by molar-refractivity contribution is -0.147. The smallest absolute Gasteiger partial charge is 0.379 e. The number of amides is 1. The molecular weight excluding hydrogens is 494 g/mol. The lowest BCUT2D eigenvalue weighted by Gasteiger charge is -2.17. The van der Waals surface area contributed by atoms with Crippen LogP contribution in [-0.2, 0) is 19.1 Å². The lowest BCUT2D eigenvalue weighted by atomic mass is 10.1. The van der Waals surface area contributed by atoms with Crippen LogP contribution in [0.25, 0.3) is 0 Å². The number of furan rings is 1. The minimum atomic E-state index is -0.729. The Hall–Kier alpha value is -4.73. The molecule has 0 aliphatic carbocycles. The van der Waals surface area contributed by atoms with Crippen molar-refractivity contribution in [3.05, 3.63) is 83.8 Å². The minimum absolute atomic E-state index is 0.0464. The second-order valence-corrected chi connectivity index (χ2v) is 8.51. The zero-order chi connectivity index (χ0) is 27.1. The van der Waals surface area contributed by atoms with Crippen LogP contribution in [0.1, 0.15) is 51.0 Å². The van der Waals surface area contributed by atoms with Crippen LogP contribution in [0.15, 0.2) is 71.3 Å². The van der Waals surface area contributed by atoms with Gasteiger partial charge in [-0.1, -0.05) is 6.92 Å². The van der Waals surface area contributed by atoms with Crippen molar-refractivity contribution >= 4 is 35.3 Å². The number of ether oxygens (including phenoxy) is 3. The molecule has 1 atom stereocenters.